The molecule has 0 spiro atoms. The van der Waals surface area contributed by atoms with E-state index in [4.69, 9.17) is 11.6 Å². The number of sulfonamides is 1. The van der Waals surface area contributed by atoms with Crippen LogP contribution < -0.4 is 10.0 Å². The van der Waals surface area contributed by atoms with Gasteiger partial charge in [0, 0.05) is 24.5 Å². The number of carbonyl (C=O) groups excluding carboxylic acids is 1. The van der Waals surface area contributed by atoms with E-state index in [1.54, 1.807) is 12.1 Å². The summed E-state index contributed by atoms with van der Waals surface area (Å²) in [6, 6.07) is 15.3. The highest BCUT2D eigenvalue weighted by molar-refractivity contribution is 7.89. The average Bonchev–Trinajstić information content (AvgIpc) is 2.60. The number of hydrogen-bond donors (Lipinski definition) is 2. The maximum atomic E-state index is 12.3. The van der Waals surface area contributed by atoms with E-state index in [-0.39, 0.29) is 17.3 Å². The molecule has 0 unspecified atom stereocenters. The van der Waals surface area contributed by atoms with E-state index in [0.717, 1.165) is 5.56 Å². The molecule has 1 amide bonds. The van der Waals surface area contributed by atoms with Crippen LogP contribution in [0.1, 0.15) is 18.4 Å². The Labute approximate surface area is 147 Å². The molecular formula is C17H19ClN2O3S. The highest BCUT2D eigenvalue weighted by Crippen LogP contribution is 2.15. The van der Waals surface area contributed by atoms with Gasteiger partial charge in [-0.05, 0) is 36.2 Å². The molecule has 2 rings (SSSR count). The van der Waals surface area contributed by atoms with Gasteiger partial charge in [0.2, 0.25) is 15.9 Å². The summed E-state index contributed by atoms with van der Waals surface area (Å²) >= 11 is 5.54. The fourth-order valence-corrected chi connectivity index (χ4v) is 3.18. The minimum Gasteiger partial charge on any atom is -0.326 e. The molecule has 7 heteroatoms. The van der Waals surface area contributed by atoms with Crippen molar-refractivity contribution in [2.45, 2.75) is 24.3 Å². The average molecular weight is 367 g/mol. The third kappa shape index (κ3) is 5.63. The van der Waals surface area contributed by atoms with Gasteiger partial charge in [-0.25, -0.2) is 13.1 Å². The van der Waals surface area contributed by atoms with E-state index in [0.29, 0.717) is 24.4 Å². The number of benzene rings is 2. The summed E-state index contributed by atoms with van der Waals surface area (Å²) < 4.78 is 27.1. The molecule has 128 valence electrons. The first kappa shape index (κ1) is 18.4. The zero-order valence-corrected chi connectivity index (χ0v) is 14.6. The zero-order chi connectivity index (χ0) is 17.4. The van der Waals surface area contributed by atoms with Crippen molar-refractivity contribution in [1.29, 1.82) is 0 Å². The van der Waals surface area contributed by atoms with Crippen molar-refractivity contribution < 1.29 is 13.2 Å². The predicted octanol–water partition coefficient (Wildman–Crippen LogP) is 3.12. The fraction of sp³-hybridized carbons (Fsp3) is 0.235. The van der Waals surface area contributed by atoms with Gasteiger partial charge in [0.25, 0.3) is 0 Å². The third-order valence-corrected chi connectivity index (χ3v) is 4.98. The molecule has 0 bridgehead atoms. The van der Waals surface area contributed by atoms with Crippen LogP contribution in [0.15, 0.2) is 59.5 Å². The summed E-state index contributed by atoms with van der Waals surface area (Å²) in [5, 5.41) is 2.70. The number of carbonyl (C=O) groups is 1. The summed E-state index contributed by atoms with van der Waals surface area (Å²) in [5.41, 5.74) is 1.43. The zero-order valence-electron chi connectivity index (χ0n) is 13.0. The number of rotatable bonds is 8. The lowest BCUT2D eigenvalue weighted by molar-refractivity contribution is -0.116. The molecular weight excluding hydrogens is 348 g/mol. The summed E-state index contributed by atoms with van der Waals surface area (Å²) in [4.78, 5) is 11.8. The highest BCUT2D eigenvalue weighted by atomic mass is 35.5. The van der Waals surface area contributed by atoms with Gasteiger partial charge in [0.15, 0.2) is 0 Å². The second-order valence-corrected chi connectivity index (χ2v) is 7.32. The smallest absolute Gasteiger partial charge is 0.240 e. The van der Waals surface area contributed by atoms with Crippen LogP contribution in [0.25, 0.3) is 0 Å². The molecule has 0 aliphatic carbocycles. The van der Waals surface area contributed by atoms with E-state index < -0.39 is 10.0 Å². The number of amides is 1. The molecule has 2 aromatic carbocycles. The molecule has 0 aromatic heterocycles. The summed E-state index contributed by atoms with van der Waals surface area (Å²) in [5.74, 6) is 0.283. The number of alkyl halides is 1. The molecule has 2 N–H and O–H groups in total. The van der Waals surface area contributed by atoms with Gasteiger partial charge < -0.3 is 5.32 Å². The Morgan fingerprint density at radius 3 is 2.29 bits per heavy atom. The highest BCUT2D eigenvalue weighted by Gasteiger charge is 2.13. The topological polar surface area (TPSA) is 75.3 Å². The van der Waals surface area contributed by atoms with Crippen LogP contribution in [-0.2, 0) is 21.4 Å². The first-order chi connectivity index (χ1) is 11.5. The molecule has 0 heterocycles. The van der Waals surface area contributed by atoms with Crippen LogP contribution in [0.3, 0.4) is 0 Å². The van der Waals surface area contributed by atoms with Crippen LogP contribution in [0, 0.1) is 0 Å². The standard InChI is InChI=1S/C17H19ClN2O3S/c18-12-4-7-17(21)20-15-8-10-16(11-9-15)24(22,23)19-13-14-5-2-1-3-6-14/h1-3,5-6,8-11,19H,4,7,12-13H2,(H,20,21). The molecule has 0 saturated carbocycles. The third-order valence-electron chi connectivity index (χ3n) is 3.29. The van der Waals surface area contributed by atoms with Gasteiger partial charge in [-0.2, -0.15) is 0 Å². The Morgan fingerprint density at radius 2 is 1.67 bits per heavy atom. The van der Waals surface area contributed by atoms with E-state index in [2.05, 4.69) is 10.0 Å². The molecule has 0 radical (unpaired) electrons. The van der Waals surface area contributed by atoms with Gasteiger partial charge in [-0.15, -0.1) is 11.6 Å². The van der Waals surface area contributed by atoms with Gasteiger partial charge in [-0.1, -0.05) is 30.3 Å². The molecule has 2 aromatic rings. The molecule has 24 heavy (non-hydrogen) atoms. The summed E-state index contributed by atoms with van der Waals surface area (Å²) in [6.45, 7) is 0.222. The second-order valence-electron chi connectivity index (χ2n) is 5.18. The van der Waals surface area contributed by atoms with Gasteiger partial charge in [0.1, 0.15) is 0 Å². The second kappa shape index (κ2) is 8.82. The monoisotopic (exact) mass is 366 g/mol. The Kier molecular flexibility index (Phi) is 6.78. The predicted molar refractivity (Wildman–Crippen MR) is 95.5 cm³/mol. The van der Waals surface area contributed by atoms with Crippen molar-refractivity contribution in [3.05, 3.63) is 60.2 Å². The molecule has 0 aliphatic rings. The SMILES string of the molecule is O=C(CCCCl)Nc1ccc(S(=O)(=O)NCc2ccccc2)cc1. The van der Waals surface area contributed by atoms with Crippen molar-refractivity contribution in [1.82, 2.24) is 4.72 Å². The van der Waals surface area contributed by atoms with E-state index in [1.807, 2.05) is 30.3 Å². The van der Waals surface area contributed by atoms with Crippen LogP contribution in [0.4, 0.5) is 5.69 Å². The van der Waals surface area contributed by atoms with Crippen molar-refractivity contribution in [3.8, 4) is 0 Å². The van der Waals surface area contributed by atoms with E-state index in [1.165, 1.54) is 12.1 Å². The fourth-order valence-electron chi connectivity index (χ4n) is 2.03. The van der Waals surface area contributed by atoms with E-state index >= 15 is 0 Å². The van der Waals surface area contributed by atoms with Crippen LogP contribution in [-0.4, -0.2) is 20.2 Å². The maximum absolute atomic E-state index is 12.3. The minimum atomic E-state index is -3.60. The van der Waals surface area contributed by atoms with Gasteiger partial charge >= 0.3 is 0 Å². The number of nitrogens with one attached hydrogen (secondary N) is 2. The lowest BCUT2D eigenvalue weighted by atomic mass is 10.2. The lowest BCUT2D eigenvalue weighted by Crippen LogP contribution is -2.23. The van der Waals surface area contributed by atoms with Crippen molar-refractivity contribution in [3.63, 3.8) is 0 Å². The maximum Gasteiger partial charge on any atom is 0.240 e. The summed E-state index contributed by atoms with van der Waals surface area (Å²) in [6.07, 6.45) is 0.936. The molecule has 0 saturated heterocycles. The Balaban J connectivity index is 1.97. The lowest BCUT2D eigenvalue weighted by Gasteiger charge is -2.09. The minimum absolute atomic E-state index is 0.145. The van der Waals surface area contributed by atoms with Crippen LogP contribution >= 0.6 is 11.6 Å². The first-order valence-corrected chi connectivity index (χ1v) is 9.52. The van der Waals surface area contributed by atoms with Crippen molar-refractivity contribution in [2.24, 2.45) is 0 Å². The normalized spacial score (nSPS) is 11.2. The quantitative estimate of drug-likeness (QED) is 0.705. The number of anilines is 1. The van der Waals surface area contributed by atoms with Crippen LogP contribution in [0.5, 0.6) is 0 Å². The van der Waals surface area contributed by atoms with E-state index in [9.17, 15) is 13.2 Å². The van der Waals surface area contributed by atoms with Crippen molar-refractivity contribution in [2.75, 3.05) is 11.2 Å². The Bertz CT molecular complexity index is 762. The van der Waals surface area contributed by atoms with Gasteiger partial charge in [-0.3, -0.25) is 4.79 Å². The van der Waals surface area contributed by atoms with Crippen molar-refractivity contribution >= 4 is 33.2 Å². The molecule has 5 nitrogen and oxygen atoms in total. The Morgan fingerprint density at radius 1 is 1.00 bits per heavy atom. The summed E-state index contributed by atoms with van der Waals surface area (Å²) in [7, 11) is -3.60. The van der Waals surface area contributed by atoms with Gasteiger partial charge in [0.05, 0.1) is 4.90 Å². The largest absolute Gasteiger partial charge is 0.326 e. The molecule has 0 atom stereocenters. The molecule has 0 fully saturated rings. The molecule has 0 aliphatic heterocycles. The first-order valence-electron chi connectivity index (χ1n) is 7.51. The Hall–Kier alpha value is -1.89. The van der Waals surface area contributed by atoms with Crippen LogP contribution in [0.2, 0.25) is 0 Å². The number of hydrogen-bond acceptors (Lipinski definition) is 3. The number of halogens is 1.